The Hall–Kier alpha value is -2.70. The zero-order valence-electron chi connectivity index (χ0n) is 15.0. The van der Waals surface area contributed by atoms with Crippen molar-refractivity contribution < 1.29 is 23.1 Å². The summed E-state index contributed by atoms with van der Waals surface area (Å²) in [7, 11) is 0. The lowest BCUT2D eigenvalue weighted by atomic mass is 9.85. The Kier molecular flexibility index (Phi) is 3.66. The van der Waals surface area contributed by atoms with Crippen molar-refractivity contribution in [2.45, 2.75) is 31.0 Å². The summed E-state index contributed by atoms with van der Waals surface area (Å²) in [5.74, 6) is 0.0110. The van der Waals surface area contributed by atoms with Gasteiger partial charge in [0.1, 0.15) is 0 Å². The summed E-state index contributed by atoms with van der Waals surface area (Å²) in [6.07, 6.45) is -3.79. The summed E-state index contributed by atoms with van der Waals surface area (Å²) in [6.45, 7) is 1.74. The number of rotatable bonds is 1. The molecule has 7 heteroatoms. The molecule has 2 aromatic rings. The topological polar surface area (TPSA) is 43.8 Å². The first kappa shape index (κ1) is 17.4. The molecule has 1 saturated heterocycles. The number of piperidine rings is 1. The zero-order valence-corrected chi connectivity index (χ0v) is 15.0. The van der Waals surface area contributed by atoms with Gasteiger partial charge in [0, 0.05) is 37.3 Å². The molecule has 3 heterocycles. The number of likely N-dealkylation sites (tertiary alicyclic amines) is 1. The Labute approximate surface area is 160 Å². The molecule has 3 aliphatic heterocycles. The quantitative estimate of drug-likeness (QED) is 0.778. The van der Waals surface area contributed by atoms with E-state index in [4.69, 9.17) is 0 Å². The molecule has 28 heavy (non-hydrogen) atoms. The number of benzene rings is 2. The van der Waals surface area contributed by atoms with Gasteiger partial charge in [-0.2, -0.15) is 13.2 Å². The third-order valence-corrected chi connectivity index (χ3v) is 6.32. The summed E-state index contributed by atoms with van der Waals surface area (Å²) < 4.78 is 40.6. The van der Waals surface area contributed by atoms with Crippen molar-refractivity contribution in [3.05, 3.63) is 53.1 Å². The van der Waals surface area contributed by atoms with Crippen LogP contribution in [0.4, 0.5) is 23.7 Å². The molecule has 146 valence electrons. The molecule has 0 aliphatic carbocycles. The van der Waals surface area contributed by atoms with Crippen molar-refractivity contribution in [3.8, 4) is 11.1 Å². The van der Waals surface area contributed by atoms with E-state index in [1.807, 2.05) is 12.1 Å². The normalized spacial score (nSPS) is 23.0. The van der Waals surface area contributed by atoms with Gasteiger partial charge in [-0.3, -0.25) is 0 Å². The third-order valence-electron chi connectivity index (χ3n) is 6.32. The van der Waals surface area contributed by atoms with Crippen LogP contribution in [0.25, 0.3) is 11.1 Å². The van der Waals surface area contributed by atoms with Gasteiger partial charge in [-0.25, -0.2) is 4.79 Å². The number of anilines is 1. The maximum atomic E-state index is 13.5. The highest BCUT2D eigenvalue weighted by Crippen LogP contribution is 2.51. The van der Waals surface area contributed by atoms with Gasteiger partial charge in [0.2, 0.25) is 0 Å². The Bertz CT molecular complexity index is 973. The summed E-state index contributed by atoms with van der Waals surface area (Å²) in [5.41, 5.74) is 3.30. The van der Waals surface area contributed by atoms with Gasteiger partial charge < -0.3 is 14.9 Å². The minimum absolute atomic E-state index is 0.0110. The monoisotopic (exact) mass is 388 g/mol. The summed E-state index contributed by atoms with van der Waals surface area (Å²) >= 11 is 0. The number of nitrogens with zero attached hydrogens (tertiary/aromatic N) is 2. The third kappa shape index (κ3) is 2.48. The number of amides is 1. The van der Waals surface area contributed by atoms with Crippen molar-refractivity contribution in [2.24, 2.45) is 0 Å². The summed E-state index contributed by atoms with van der Waals surface area (Å²) in [5, 5.41) is 9.39. The molecule has 4 nitrogen and oxygen atoms in total. The number of halogens is 3. The molecular formula is C21H19F3N2O2. The van der Waals surface area contributed by atoms with Gasteiger partial charge in [0.25, 0.3) is 0 Å². The standard InChI is InChI=1S/C21H19F3N2O2/c22-21(23,24)17-4-2-1-3-14(17)13-9-12-5-8-26-18-6-7-25(20(27)28)11-16(18)15(10-13)19(12)26/h1-4,9-10,16,18H,5-8,11H2,(H,27,28)/t16-,18-/m0/s1. The number of alkyl halides is 3. The first-order chi connectivity index (χ1) is 13.3. The van der Waals surface area contributed by atoms with Crippen molar-refractivity contribution in [1.29, 1.82) is 0 Å². The van der Waals surface area contributed by atoms with Crippen LogP contribution in [-0.4, -0.2) is 41.8 Å². The van der Waals surface area contributed by atoms with Gasteiger partial charge in [0.05, 0.1) is 5.56 Å². The van der Waals surface area contributed by atoms with Gasteiger partial charge in [-0.05, 0) is 53.3 Å². The largest absolute Gasteiger partial charge is 0.465 e. The van der Waals surface area contributed by atoms with Gasteiger partial charge in [-0.15, -0.1) is 0 Å². The predicted octanol–water partition coefficient (Wildman–Crippen LogP) is 4.58. The Morgan fingerprint density at radius 3 is 2.68 bits per heavy atom. The van der Waals surface area contributed by atoms with E-state index in [1.165, 1.54) is 17.0 Å². The molecule has 0 saturated carbocycles. The maximum Gasteiger partial charge on any atom is 0.417 e. The van der Waals surface area contributed by atoms with E-state index in [1.54, 1.807) is 6.07 Å². The van der Waals surface area contributed by atoms with Gasteiger partial charge in [-0.1, -0.05) is 18.2 Å². The second-order valence-corrected chi connectivity index (χ2v) is 7.75. The molecule has 0 unspecified atom stereocenters. The smallest absolute Gasteiger partial charge is 0.417 e. The lowest BCUT2D eigenvalue weighted by molar-refractivity contribution is -0.137. The lowest BCUT2D eigenvalue weighted by Gasteiger charge is -2.37. The second-order valence-electron chi connectivity index (χ2n) is 7.75. The predicted molar refractivity (Wildman–Crippen MR) is 98.7 cm³/mol. The highest BCUT2D eigenvalue weighted by atomic mass is 19.4. The fraction of sp³-hybridized carbons (Fsp3) is 0.381. The Morgan fingerprint density at radius 1 is 1.14 bits per heavy atom. The molecule has 0 bridgehead atoms. The average Bonchev–Trinajstić information content (AvgIpc) is 3.23. The molecule has 3 aliphatic rings. The minimum Gasteiger partial charge on any atom is -0.465 e. The number of carboxylic acid groups (broad SMARTS) is 1. The fourth-order valence-electron chi connectivity index (χ4n) is 5.16. The van der Waals surface area contributed by atoms with Gasteiger partial charge in [0.15, 0.2) is 0 Å². The summed E-state index contributed by atoms with van der Waals surface area (Å²) in [4.78, 5) is 15.2. The molecule has 1 N–H and O–H groups in total. The maximum absolute atomic E-state index is 13.5. The van der Waals surface area contributed by atoms with E-state index < -0.39 is 17.8 Å². The minimum atomic E-state index is -4.42. The fourth-order valence-corrected chi connectivity index (χ4v) is 5.16. The SMILES string of the molecule is O=C(O)N1CC[C@H]2[C@@H](C1)c1cc(-c3ccccc3C(F)(F)F)cc3c1N2CC3. The van der Waals surface area contributed by atoms with E-state index >= 15 is 0 Å². The molecule has 2 atom stereocenters. The van der Waals surface area contributed by atoms with Crippen LogP contribution in [0.15, 0.2) is 36.4 Å². The highest BCUT2D eigenvalue weighted by Gasteiger charge is 2.46. The van der Waals surface area contributed by atoms with Crippen molar-refractivity contribution in [1.82, 2.24) is 4.90 Å². The molecular weight excluding hydrogens is 369 g/mol. The lowest BCUT2D eigenvalue weighted by Crippen LogP contribution is -2.47. The van der Waals surface area contributed by atoms with E-state index in [9.17, 15) is 23.1 Å². The summed E-state index contributed by atoms with van der Waals surface area (Å²) in [6, 6.07) is 9.64. The Morgan fingerprint density at radius 2 is 1.93 bits per heavy atom. The number of hydrogen-bond donors (Lipinski definition) is 1. The number of fused-ring (bicyclic) bond motifs is 3. The van der Waals surface area contributed by atoms with Crippen molar-refractivity contribution in [2.75, 3.05) is 24.5 Å². The van der Waals surface area contributed by atoms with Crippen LogP contribution in [0.1, 0.15) is 29.0 Å². The van der Waals surface area contributed by atoms with Crippen molar-refractivity contribution in [3.63, 3.8) is 0 Å². The first-order valence-corrected chi connectivity index (χ1v) is 9.42. The molecule has 1 amide bonds. The highest BCUT2D eigenvalue weighted by molar-refractivity contribution is 5.79. The number of hydrogen-bond acceptors (Lipinski definition) is 2. The van der Waals surface area contributed by atoms with E-state index in [0.29, 0.717) is 18.7 Å². The van der Waals surface area contributed by atoms with Gasteiger partial charge >= 0.3 is 12.3 Å². The molecule has 0 aromatic heterocycles. The molecule has 1 fully saturated rings. The Balaban J connectivity index is 1.63. The van der Waals surface area contributed by atoms with E-state index in [0.717, 1.165) is 42.3 Å². The van der Waals surface area contributed by atoms with Crippen LogP contribution in [0.5, 0.6) is 0 Å². The average molecular weight is 388 g/mol. The van der Waals surface area contributed by atoms with Crippen LogP contribution in [0, 0.1) is 0 Å². The molecule has 0 spiro atoms. The zero-order chi connectivity index (χ0) is 19.6. The molecule has 0 radical (unpaired) electrons. The van der Waals surface area contributed by atoms with Crippen LogP contribution >= 0.6 is 0 Å². The van der Waals surface area contributed by atoms with Crippen LogP contribution in [0.2, 0.25) is 0 Å². The van der Waals surface area contributed by atoms with Crippen LogP contribution in [0.3, 0.4) is 0 Å². The van der Waals surface area contributed by atoms with Crippen molar-refractivity contribution >= 4 is 11.8 Å². The van der Waals surface area contributed by atoms with E-state index in [-0.39, 0.29) is 17.5 Å². The number of carbonyl (C=O) groups is 1. The first-order valence-electron chi connectivity index (χ1n) is 9.42. The molecule has 2 aromatic carbocycles. The molecule has 5 rings (SSSR count). The van der Waals surface area contributed by atoms with E-state index in [2.05, 4.69) is 4.90 Å². The van der Waals surface area contributed by atoms with Crippen LogP contribution < -0.4 is 4.90 Å². The second kappa shape index (κ2) is 5.90. The van der Waals surface area contributed by atoms with Crippen LogP contribution in [-0.2, 0) is 12.6 Å².